The molecule has 0 aliphatic carbocycles. The lowest BCUT2D eigenvalue weighted by molar-refractivity contribution is 0.784. The highest BCUT2D eigenvalue weighted by Gasteiger charge is 2.06. The van der Waals surface area contributed by atoms with Crippen LogP contribution < -0.4 is 10.6 Å². The van der Waals surface area contributed by atoms with Crippen molar-refractivity contribution >= 4 is 29.9 Å². The van der Waals surface area contributed by atoms with Crippen molar-refractivity contribution < 1.29 is 0 Å². The predicted octanol–water partition coefficient (Wildman–Crippen LogP) is 3.18. The van der Waals surface area contributed by atoms with Gasteiger partial charge in [-0.1, -0.05) is 48.5 Å². The van der Waals surface area contributed by atoms with Crippen LogP contribution in [-0.2, 0) is 13.0 Å². The van der Waals surface area contributed by atoms with Gasteiger partial charge in [0.1, 0.15) is 12.9 Å². The van der Waals surface area contributed by atoms with Crippen molar-refractivity contribution in [3.63, 3.8) is 0 Å². The molecule has 0 fully saturated rings. The van der Waals surface area contributed by atoms with Crippen LogP contribution in [0.4, 0.5) is 0 Å². The molecule has 1 heterocycles. The standard InChI is InChI=1S/C20H24N6.HI/c1-2-21-20(22-14-13-17-9-5-3-6-10-17)23-15-19-25-24-16-26(19)18-11-7-4-8-12-18;/h3-12,16H,2,13-15H2,1H3,(H2,21,22,23);1H. The molecule has 0 amide bonds. The lowest BCUT2D eigenvalue weighted by Crippen LogP contribution is -2.38. The lowest BCUT2D eigenvalue weighted by atomic mass is 10.1. The van der Waals surface area contributed by atoms with E-state index in [2.05, 4.69) is 57.0 Å². The zero-order chi connectivity index (χ0) is 18.0. The molecule has 2 aromatic carbocycles. The highest BCUT2D eigenvalue weighted by Crippen LogP contribution is 2.09. The maximum Gasteiger partial charge on any atom is 0.191 e. The van der Waals surface area contributed by atoms with Gasteiger partial charge in [-0.25, -0.2) is 4.99 Å². The van der Waals surface area contributed by atoms with Crippen molar-refractivity contribution in [3.05, 3.63) is 78.4 Å². The van der Waals surface area contributed by atoms with E-state index in [-0.39, 0.29) is 24.0 Å². The Morgan fingerprint density at radius 1 is 1.00 bits per heavy atom. The first kappa shape index (κ1) is 20.9. The number of para-hydroxylation sites is 1. The summed E-state index contributed by atoms with van der Waals surface area (Å²) in [6.45, 7) is 4.14. The zero-order valence-corrected chi connectivity index (χ0v) is 17.7. The number of halogens is 1. The summed E-state index contributed by atoms with van der Waals surface area (Å²) < 4.78 is 1.96. The van der Waals surface area contributed by atoms with Crippen molar-refractivity contribution in [1.82, 2.24) is 25.4 Å². The van der Waals surface area contributed by atoms with Gasteiger partial charge in [-0.05, 0) is 31.0 Å². The molecule has 0 saturated carbocycles. The van der Waals surface area contributed by atoms with Crippen molar-refractivity contribution in [2.45, 2.75) is 19.9 Å². The molecular formula is C20H25IN6. The molecular weight excluding hydrogens is 451 g/mol. The summed E-state index contributed by atoms with van der Waals surface area (Å²) in [5, 5.41) is 14.9. The molecule has 0 radical (unpaired) electrons. The highest BCUT2D eigenvalue weighted by molar-refractivity contribution is 14.0. The van der Waals surface area contributed by atoms with Gasteiger partial charge in [0, 0.05) is 18.8 Å². The average molecular weight is 476 g/mol. The third kappa shape index (κ3) is 6.35. The lowest BCUT2D eigenvalue weighted by Gasteiger charge is -2.11. The second-order valence-electron chi connectivity index (χ2n) is 5.81. The SMILES string of the molecule is CCNC(=NCc1nncn1-c1ccccc1)NCCc1ccccc1.I. The zero-order valence-electron chi connectivity index (χ0n) is 15.4. The Balaban J connectivity index is 0.00000261. The number of nitrogens with one attached hydrogen (secondary N) is 2. The number of nitrogens with zero attached hydrogens (tertiary/aromatic N) is 4. The number of benzene rings is 2. The Labute approximate surface area is 177 Å². The molecule has 0 bridgehead atoms. The van der Waals surface area contributed by atoms with E-state index >= 15 is 0 Å². The first-order valence-corrected chi connectivity index (χ1v) is 8.87. The molecule has 0 atom stereocenters. The van der Waals surface area contributed by atoms with E-state index in [1.54, 1.807) is 6.33 Å². The van der Waals surface area contributed by atoms with Crippen molar-refractivity contribution in [2.24, 2.45) is 4.99 Å². The Kier molecular flexibility index (Phi) is 8.76. The van der Waals surface area contributed by atoms with Gasteiger partial charge in [0.15, 0.2) is 11.8 Å². The summed E-state index contributed by atoms with van der Waals surface area (Å²) in [5.41, 5.74) is 2.34. The van der Waals surface area contributed by atoms with Crippen molar-refractivity contribution in [1.29, 1.82) is 0 Å². The number of aromatic nitrogens is 3. The highest BCUT2D eigenvalue weighted by atomic mass is 127. The quantitative estimate of drug-likeness (QED) is 0.312. The van der Waals surface area contributed by atoms with Crippen LogP contribution in [0.2, 0.25) is 0 Å². The molecule has 0 aliphatic rings. The number of rotatable bonds is 7. The summed E-state index contributed by atoms with van der Waals surface area (Å²) in [5.74, 6) is 1.59. The molecule has 0 saturated heterocycles. The van der Waals surface area contributed by atoms with E-state index in [0.29, 0.717) is 6.54 Å². The predicted molar refractivity (Wildman–Crippen MR) is 120 cm³/mol. The molecule has 0 spiro atoms. The van der Waals surface area contributed by atoms with Crippen LogP contribution in [0.15, 0.2) is 72.0 Å². The fourth-order valence-corrected chi connectivity index (χ4v) is 2.63. The molecule has 6 nitrogen and oxygen atoms in total. The van der Waals surface area contributed by atoms with Crippen LogP contribution in [-0.4, -0.2) is 33.8 Å². The number of hydrogen-bond donors (Lipinski definition) is 2. The molecule has 0 aliphatic heterocycles. The monoisotopic (exact) mass is 476 g/mol. The molecule has 27 heavy (non-hydrogen) atoms. The molecule has 0 unspecified atom stereocenters. The minimum absolute atomic E-state index is 0. The van der Waals surface area contributed by atoms with E-state index in [4.69, 9.17) is 0 Å². The minimum Gasteiger partial charge on any atom is -0.357 e. The molecule has 1 aromatic heterocycles. The maximum absolute atomic E-state index is 4.64. The average Bonchev–Trinajstić information content (AvgIpc) is 3.16. The van der Waals surface area contributed by atoms with E-state index in [1.165, 1.54) is 5.56 Å². The summed E-state index contributed by atoms with van der Waals surface area (Å²) in [7, 11) is 0. The summed E-state index contributed by atoms with van der Waals surface area (Å²) in [4.78, 5) is 4.64. The normalized spacial score (nSPS) is 10.9. The van der Waals surface area contributed by atoms with Gasteiger partial charge in [0.2, 0.25) is 0 Å². The number of aliphatic imine (C=N–C) groups is 1. The van der Waals surface area contributed by atoms with E-state index < -0.39 is 0 Å². The molecule has 142 valence electrons. The van der Waals surface area contributed by atoms with Gasteiger partial charge in [-0.2, -0.15) is 0 Å². The summed E-state index contributed by atoms with van der Waals surface area (Å²) in [6, 6.07) is 20.5. The maximum atomic E-state index is 4.64. The Hall–Kier alpha value is -2.42. The van der Waals surface area contributed by atoms with Crippen molar-refractivity contribution in [3.8, 4) is 5.69 Å². The van der Waals surface area contributed by atoms with Gasteiger partial charge < -0.3 is 10.6 Å². The van der Waals surface area contributed by atoms with E-state index in [0.717, 1.165) is 37.0 Å². The number of hydrogen-bond acceptors (Lipinski definition) is 3. The third-order valence-corrected chi connectivity index (χ3v) is 3.92. The first-order chi connectivity index (χ1) is 12.9. The van der Waals surface area contributed by atoms with Gasteiger partial charge >= 0.3 is 0 Å². The van der Waals surface area contributed by atoms with Crippen LogP contribution in [0.1, 0.15) is 18.3 Å². The van der Waals surface area contributed by atoms with Crippen LogP contribution >= 0.6 is 24.0 Å². The Bertz CT molecular complexity index is 817. The van der Waals surface area contributed by atoms with Gasteiger partial charge in [0.25, 0.3) is 0 Å². The van der Waals surface area contributed by atoms with Crippen LogP contribution in [0.3, 0.4) is 0 Å². The van der Waals surface area contributed by atoms with Gasteiger partial charge in [-0.3, -0.25) is 4.57 Å². The largest absolute Gasteiger partial charge is 0.357 e. The van der Waals surface area contributed by atoms with Crippen molar-refractivity contribution in [2.75, 3.05) is 13.1 Å². The fraction of sp³-hybridized carbons (Fsp3) is 0.250. The fourth-order valence-electron chi connectivity index (χ4n) is 2.63. The van der Waals surface area contributed by atoms with Crippen LogP contribution in [0.5, 0.6) is 0 Å². The molecule has 2 N–H and O–H groups in total. The second kappa shape index (κ2) is 11.3. The molecule has 3 aromatic rings. The van der Waals surface area contributed by atoms with E-state index in [9.17, 15) is 0 Å². The molecule has 3 rings (SSSR count). The van der Waals surface area contributed by atoms with Gasteiger partial charge in [-0.15, -0.1) is 34.2 Å². The summed E-state index contributed by atoms with van der Waals surface area (Å²) in [6.07, 6.45) is 2.67. The van der Waals surface area contributed by atoms with Gasteiger partial charge in [0.05, 0.1) is 0 Å². The molecule has 7 heteroatoms. The summed E-state index contributed by atoms with van der Waals surface area (Å²) >= 11 is 0. The number of guanidine groups is 1. The smallest absolute Gasteiger partial charge is 0.191 e. The minimum atomic E-state index is 0. The topological polar surface area (TPSA) is 67.1 Å². The Morgan fingerprint density at radius 3 is 2.41 bits per heavy atom. The van der Waals surface area contributed by atoms with Crippen LogP contribution in [0, 0.1) is 0 Å². The second-order valence-corrected chi connectivity index (χ2v) is 5.81. The third-order valence-electron chi connectivity index (χ3n) is 3.92. The van der Waals surface area contributed by atoms with E-state index in [1.807, 2.05) is 41.0 Å². The van der Waals surface area contributed by atoms with Crippen LogP contribution in [0.25, 0.3) is 5.69 Å². The first-order valence-electron chi connectivity index (χ1n) is 8.87. The Morgan fingerprint density at radius 2 is 1.70 bits per heavy atom.